The van der Waals surface area contributed by atoms with Crippen molar-refractivity contribution in [3.8, 4) is 0 Å². The molecule has 12 heteroatoms. The molecule has 1 aliphatic carbocycles. The Morgan fingerprint density at radius 2 is 1.68 bits per heavy atom. The molecule has 1 saturated carbocycles. The van der Waals surface area contributed by atoms with Crippen LogP contribution in [0.4, 0.5) is 10.3 Å². The number of rotatable bonds is 8. The van der Waals surface area contributed by atoms with Crippen molar-refractivity contribution in [2.24, 2.45) is 5.92 Å². The van der Waals surface area contributed by atoms with E-state index in [1.165, 1.54) is 34.4 Å². The topological polar surface area (TPSA) is 110 Å². The zero-order chi connectivity index (χ0) is 17.6. The average molecular weight is 417 g/mol. The van der Waals surface area contributed by atoms with Crippen LogP contribution in [0, 0.1) is 5.92 Å². The lowest BCUT2D eigenvalue weighted by Crippen LogP contribution is -2.27. The monoisotopic (exact) mass is 416 g/mol. The summed E-state index contributed by atoms with van der Waals surface area (Å²) in [4.78, 5) is 23.8. The van der Waals surface area contributed by atoms with Crippen LogP contribution < -0.4 is 10.6 Å². The van der Waals surface area contributed by atoms with Gasteiger partial charge in [0.1, 0.15) is 0 Å². The van der Waals surface area contributed by atoms with Crippen LogP contribution in [-0.2, 0) is 9.59 Å². The first-order valence-electron chi connectivity index (χ1n) is 7.67. The van der Waals surface area contributed by atoms with Crippen molar-refractivity contribution in [2.45, 2.75) is 34.9 Å². The van der Waals surface area contributed by atoms with E-state index in [-0.39, 0.29) is 23.5 Å². The maximum Gasteiger partial charge on any atom is 0.236 e. The number of anilines is 2. The average Bonchev–Trinajstić information content (AvgIpc) is 3.13. The van der Waals surface area contributed by atoms with E-state index in [1.54, 1.807) is 11.8 Å². The lowest BCUT2D eigenvalue weighted by Gasteiger charge is -2.23. The molecule has 0 bridgehead atoms. The Balaban J connectivity index is 1.43. The number of nitrogens with one attached hydrogen (secondary N) is 2. The largest absolute Gasteiger partial charge is 0.300 e. The number of amides is 2. The fourth-order valence-corrected chi connectivity index (χ4v) is 5.14. The van der Waals surface area contributed by atoms with Crippen molar-refractivity contribution in [3.63, 3.8) is 0 Å². The number of aromatic nitrogens is 4. The highest BCUT2D eigenvalue weighted by Crippen LogP contribution is 2.30. The predicted octanol–water partition coefficient (Wildman–Crippen LogP) is 2.97. The van der Waals surface area contributed by atoms with Gasteiger partial charge in [-0.3, -0.25) is 14.9 Å². The first-order chi connectivity index (χ1) is 12.1. The van der Waals surface area contributed by atoms with E-state index in [4.69, 9.17) is 0 Å². The summed E-state index contributed by atoms with van der Waals surface area (Å²) >= 11 is 5.49. The molecule has 2 aromatic heterocycles. The van der Waals surface area contributed by atoms with Crippen LogP contribution in [0.1, 0.15) is 26.2 Å². The first-order valence-corrected chi connectivity index (χ1v) is 11.3. The maximum absolute atomic E-state index is 12.0. The third kappa shape index (κ3) is 5.36. The highest BCUT2D eigenvalue weighted by molar-refractivity contribution is 8.01. The molecule has 0 saturated heterocycles. The number of nitrogens with zero attached hydrogens (tertiary/aromatic N) is 4. The highest BCUT2D eigenvalue weighted by atomic mass is 32.2. The van der Waals surface area contributed by atoms with Gasteiger partial charge < -0.3 is 5.32 Å². The smallest absolute Gasteiger partial charge is 0.236 e. The number of carbonyl (C=O) groups excluding carboxylic acids is 2. The normalized spacial score (nSPS) is 14.1. The lowest BCUT2D eigenvalue weighted by atomic mass is 9.85. The molecule has 134 valence electrons. The Morgan fingerprint density at radius 3 is 2.28 bits per heavy atom. The van der Waals surface area contributed by atoms with Gasteiger partial charge in [-0.2, -0.15) is 0 Å². The number of hydrogen-bond donors (Lipinski definition) is 2. The molecule has 2 amide bonds. The van der Waals surface area contributed by atoms with Gasteiger partial charge in [-0.15, -0.1) is 20.4 Å². The fourth-order valence-electron chi connectivity index (χ4n) is 1.92. The van der Waals surface area contributed by atoms with Crippen molar-refractivity contribution in [1.82, 2.24) is 20.4 Å². The third-order valence-corrected chi connectivity index (χ3v) is 7.19. The van der Waals surface area contributed by atoms with Crippen molar-refractivity contribution in [2.75, 3.05) is 22.1 Å². The SMILES string of the molecule is CCSc1nnc(NC(=O)CSc2nnc(NC(=O)C3CCC3)s2)s1. The zero-order valence-corrected chi connectivity index (χ0v) is 16.6. The molecule has 0 unspecified atom stereocenters. The minimum Gasteiger partial charge on any atom is -0.300 e. The summed E-state index contributed by atoms with van der Waals surface area (Å²) in [7, 11) is 0. The van der Waals surface area contributed by atoms with Crippen LogP contribution >= 0.6 is 46.2 Å². The summed E-state index contributed by atoms with van der Waals surface area (Å²) in [5.74, 6) is 1.04. The van der Waals surface area contributed by atoms with Crippen LogP contribution in [0.25, 0.3) is 0 Å². The molecule has 0 spiro atoms. The highest BCUT2D eigenvalue weighted by Gasteiger charge is 2.26. The van der Waals surface area contributed by atoms with Gasteiger partial charge in [-0.1, -0.05) is 59.5 Å². The Morgan fingerprint density at radius 1 is 1.04 bits per heavy atom. The van der Waals surface area contributed by atoms with Crippen LogP contribution in [0.15, 0.2) is 8.68 Å². The molecule has 8 nitrogen and oxygen atoms in total. The Hall–Kier alpha value is -1.24. The van der Waals surface area contributed by atoms with Crippen molar-refractivity contribution < 1.29 is 9.59 Å². The van der Waals surface area contributed by atoms with Crippen LogP contribution in [0.3, 0.4) is 0 Å². The van der Waals surface area contributed by atoms with Crippen LogP contribution in [0.5, 0.6) is 0 Å². The van der Waals surface area contributed by atoms with Gasteiger partial charge >= 0.3 is 0 Å². The molecule has 0 aromatic carbocycles. The third-order valence-electron chi connectivity index (χ3n) is 3.36. The molecule has 1 aliphatic rings. The predicted molar refractivity (Wildman–Crippen MR) is 102 cm³/mol. The Bertz CT molecular complexity index is 744. The van der Waals surface area contributed by atoms with Gasteiger partial charge in [-0.05, 0) is 18.6 Å². The van der Waals surface area contributed by atoms with Crippen LogP contribution in [0.2, 0.25) is 0 Å². The molecular formula is C13H16N6O2S4. The molecule has 1 fully saturated rings. The second-order valence-corrected chi connectivity index (χ2v) is 9.82. The van der Waals surface area contributed by atoms with E-state index in [9.17, 15) is 9.59 Å². The summed E-state index contributed by atoms with van der Waals surface area (Å²) < 4.78 is 1.47. The summed E-state index contributed by atoms with van der Waals surface area (Å²) in [5.41, 5.74) is 0. The van der Waals surface area contributed by atoms with Crippen molar-refractivity contribution >= 4 is 68.3 Å². The molecule has 25 heavy (non-hydrogen) atoms. The van der Waals surface area contributed by atoms with Gasteiger partial charge in [0, 0.05) is 5.92 Å². The van der Waals surface area contributed by atoms with E-state index < -0.39 is 0 Å². The molecule has 2 heterocycles. The van der Waals surface area contributed by atoms with Crippen molar-refractivity contribution in [1.29, 1.82) is 0 Å². The minimum absolute atomic E-state index is 0.00807. The quantitative estimate of drug-likeness (QED) is 0.499. The van der Waals surface area contributed by atoms with Gasteiger partial charge in [0.2, 0.25) is 22.1 Å². The van der Waals surface area contributed by atoms with Crippen molar-refractivity contribution in [3.05, 3.63) is 0 Å². The molecule has 2 aromatic rings. The Labute approximate surface area is 161 Å². The Kier molecular flexibility index (Phi) is 6.62. The molecule has 0 radical (unpaired) electrons. The minimum atomic E-state index is -0.176. The van der Waals surface area contributed by atoms with Gasteiger partial charge in [-0.25, -0.2) is 0 Å². The maximum atomic E-state index is 12.0. The van der Waals surface area contributed by atoms with Gasteiger partial charge in [0.15, 0.2) is 8.68 Å². The first kappa shape index (κ1) is 18.5. The summed E-state index contributed by atoms with van der Waals surface area (Å²) in [6.45, 7) is 2.03. The van der Waals surface area contributed by atoms with E-state index in [2.05, 4.69) is 31.0 Å². The molecule has 3 rings (SSSR count). The summed E-state index contributed by atoms with van der Waals surface area (Å²) in [6.07, 6.45) is 2.99. The molecule has 2 N–H and O–H groups in total. The van der Waals surface area contributed by atoms with Gasteiger partial charge in [0.25, 0.3) is 0 Å². The summed E-state index contributed by atoms with van der Waals surface area (Å²) in [6, 6.07) is 0. The van der Waals surface area contributed by atoms with E-state index >= 15 is 0 Å². The molecule has 0 aliphatic heterocycles. The molecular weight excluding hydrogens is 400 g/mol. The van der Waals surface area contributed by atoms with E-state index in [0.29, 0.717) is 14.6 Å². The summed E-state index contributed by atoms with van der Waals surface area (Å²) in [5, 5.41) is 22.3. The standard InChI is InChI=1S/C13H16N6O2S4/c1-2-22-12-18-16-10(24-12)14-8(20)6-23-13-19-17-11(25-13)15-9(21)7-4-3-5-7/h7H,2-6H2,1H3,(H,14,16,20)(H,15,17,21). The zero-order valence-electron chi connectivity index (χ0n) is 13.4. The number of thioether (sulfide) groups is 2. The van der Waals surface area contributed by atoms with E-state index in [1.807, 2.05) is 6.92 Å². The van der Waals surface area contributed by atoms with E-state index in [0.717, 1.165) is 29.4 Å². The van der Waals surface area contributed by atoms with Crippen LogP contribution in [-0.4, -0.2) is 43.7 Å². The number of hydrogen-bond acceptors (Lipinski definition) is 10. The number of carbonyl (C=O) groups is 2. The second kappa shape index (κ2) is 8.92. The fraction of sp³-hybridized carbons (Fsp3) is 0.538. The lowest BCUT2D eigenvalue weighted by molar-refractivity contribution is -0.122. The second-order valence-electron chi connectivity index (χ2n) is 5.13. The van der Waals surface area contributed by atoms with Gasteiger partial charge in [0.05, 0.1) is 5.75 Å². The molecule has 0 atom stereocenters.